The van der Waals surface area contributed by atoms with E-state index in [0.717, 1.165) is 18.7 Å². The molecule has 4 nitrogen and oxygen atoms in total. The van der Waals surface area contributed by atoms with Gasteiger partial charge < -0.3 is 4.74 Å². The minimum atomic E-state index is 0.242. The van der Waals surface area contributed by atoms with Gasteiger partial charge in [0, 0.05) is 13.0 Å². The number of ether oxygens (including phenoxy) is 1. The zero-order valence-electron chi connectivity index (χ0n) is 9.98. The summed E-state index contributed by atoms with van der Waals surface area (Å²) in [6.07, 6.45) is 3.60. The molecule has 1 heterocycles. The van der Waals surface area contributed by atoms with Crippen LogP contribution in [0.2, 0.25) is 5.28 Å². The maximum Gasteiger partial charge on any atom is 0.225 e. The van der Waals surface area contributed by atoms with Gasteiger partial charge >= 0.3 is 0 Å². The monoisotopic (exact) mass is 243 g/mol. The molecule has 1 aromatic heterocycles. The molecule has 2 unspecified atom stereocenters. The van der Waals surface area contributed by atoms with E-state index in [1.165, 1.54) is 6.42 Å². The number of halogens is 1. The Morgan fingerprint density at radius 2 is 2.12 bits per heavy atom. The fourth-order valence-electron chi connectivity index (χ4n) is 2.46. The fraction of sp³-hybridized carbons (Fsp3) is 0.818. The normalized spacial score (nSPS) is 25.6. The van der Waals surface area contributed by atoms with E-state index in [9.17, 15) is 0 Å². The van der Waals surface area contributed by atoms with Gasteiger partial charge in [-0.15, -0.1) is 10.2 Å². The topological polar surface area (TPSA) is 39.9 Å². The summed E-state index contributed by atoms with van der Waals surface area (Å²) in [6, 6.07) is 0.296. The Morgan fingerprint density at radius 3 is 2.75 bits per heavy atom. The van der Waals surface area contributed by atoms with Gasteiger partial charge in [-0.3, -0.25) is 4.57 Å². The Kier molecular flexibility index (Phi) is 3.50. The SMILES string of the molecule is COC1CCCC1n1c(Cl)nnc1C(C)C. The first-order chi connectivity index (χ1) is 7.65. The molecule has 90 valence electrons. The van der Waals surface area contributed by atoms with Crippen molar-refractivity contribution in [3.8, 4) is 0 Å². The Labute approximate surface area is 101 Å². The number of aromatic nitrogens is 3. The Bertz CT molecular complexity index is 364. The van der Waals surface area contributed by atoms with E-state index in [-0.39, 0.29) is 6.10 Å². The van der Waals surface area contributed by atoms with E-state index >= 15 is 0 Å². The largest absolute Gasteiger partial charge is 0.379 e. The maximum absolute atomic E-state index is 6.13. The molecule has 0 saturated heterocycles. The van der Waals surface area contributed by atoms with Crippen LogP contribution in [0.25, 0.3) is 0 Å². The highest BCUT2D eigenvalue weighted by Crippen LogP contribution is 2.35. The van der Waals surface area contributed by atoms with Crippen LogP contribution in [0.3, 0.4) is 0 Å². The number of hydrogen-bond donors (Lipinski definition) is 0. The summed E-state index contributed by atoms with van der Waals surface area (Å²) >= 11 is 6.13. The smallest absolute Gasteiger partial charge is 0.225 e. The number of rotatable bonds is 3. The summed E-state index contributed by atoms with van der Waals surface area (Å²) in [4.78, 5) is 0. The summed E-state index contributed by atoms with van der Waals surface area (Å²) in [5.74, 6) is 1.29. The van der Waals surface area contributed by atoms with Crippen molar-refractivity contribution in [3.63, 3.8) is 0 Å². The molecule has 5 heteroatoms. The van der Waals surface area contributed by atoms with Crippen molar-refractivity contribution in [1.82, 2.24) is 14.8 Å². The lowest BCUT2D eigenvalue weighted by Crippen LogP contribution is -2.22. The van der Waals surface area contributed by atoms with E-state index in [2.05, 4.69) is 24.0 Å². The van der Waals surface area contributed by atoms with Gasteiger partial charge in [-0.25, -0.2) is 0 Å². The molecule has 1 saturated carbocycles. The number of hydrogen-bond acceptors (Lipinski definition) is 3. The molecule has 1 aromatic rings. The third-order valence-corrected chi connectivity index (χ3v) is 3.51. The minimum Gasteiger partial charge on any atom is -0.379 e. The van der Waals surface area contributed by atoms with Crippen molar-refractivity contribution >= 4 is 11.6 Å². The lowest BCUT2D eigenvalue weighted by Gasteiger charge is -2.22. The molecule has 2 atom stereocenters. The van der Waals surface area contributed by atoms with Crippen LogP contribution in [0.15, 0.2) is 0 Å². The van der Waals surface area contributed by atoms with Gasteiger partial charge in [0.2, 0.25) is 5.28 Å². The van der Waals surface area contributed by atoms with Crippen LogP contribution >= 0.6 is 11.6 Å². The van der Waals surface area contributed by atoms with Crippen LogP contribution in [-0.2, 0) is 4.74 Å². The first-order valence-corrected chi connectivity index (χ1v) is 6.16. The van der Waals surface area contributed by atoms with E-state index in [1.807, 2.05) is 4.57 Å². The molecule has 1 aliphatic rings. The van der Waals surface area contributed by atoms with E-state index < -0.39 is 0 Å². The summed E-state index contributed by atoms with van der Waals surface area (Å²) in [6.45, 7) is 4.21. The van der Waals surface area contributed by atoms with Gasteiger partial charge in [0.05, 0.1) is 12.1 Å². The Hall–Kier alpha value is -0.610. The van der Waals surface area contributed by atoms with Crippen molar-refractivity contribution in [2.75, 3.05) is 7.11 Å². The van der Waals surface area contributed by atoms with E-state index in [4.69, 9.17) is 16.3 Å². The number of methoxy groups -OCH3 is 1. The van der Waals surface area contributed by atoms with Crippen molar-refractivity contribution in [3.05, 3.63) is 11.1 Å². The van der Waals surface area contributed by atoms with Gasteiger partial charge in [-0.05, 0) is 30.9 Å². The molecular weight excluding hydrogens is 226 g/mol. The number of nitrogens with zero attached hydrogens (tertiary/aromatic N) is 3. The van der Waals surface area contributed by atoms with Crippen molar-refractivity contribution < 1.29 is 4.74 Å². The molecule has 0 aromatic carbocycles. The van der Waals surface area contributed by atoms with Gasteiger partial charge in [0.25, 0.3) is 0 Å². The zero-order valence-corrected chi connectivity index (χ0v) is 10.7. The molecule has 0 bridgehead atoms. The van der Waals surface area contributed by atoms with Crippen LogP contribution in [0, 0.1) is 0 Å². The molecule has 1 fully saturated rings. The zero-order chi connectivity index (χ0) is 11.7. The van der Waals surface area contributed by atoms with E-state index in [1.54, 1.807) is 7.11 Å². The predicted octanol–water partition coefficient (Wildman–Crippen LogP) is 2.79. The van der Waals surface area contributed by atoms with Crippen LogP contribution in [-0.4, -0.2) is 28.0 Å². The average Bonchev–Trinajstić information content (AvgIpc) is 2.82. The molecule has 2 rings (SSSR count). The molecule has 1 aliphatic carbocycles. The summed E-state index contributed by atoms with van der Waals surface area (Å²) < 4.78 is 7.55. The van der Waals surface area contributed by atoms with Crippen molar-refractivity contribution in [1.29, 1.82) is 0 Å². The van der Waals surface area contributed by atoms with Crippen LogP contribution in [0.5, 0.6) is 0 Å². The highest BCUT2D eigenvalue weighted by molar-refractivity contribution is 6.28. The molecule has 0 N–H and O–H groups in total. The van der Waals surface area contributed by atoms with Crippen molar-refractivity contribution in [2.24, 2.45) is 0 Å². The highest BCUT2D eigenvalue weighted by atomic mass is 35.5. The summed E-state index contributed by atoms with van der Waals surface area (Å²) in [5.41, 5.74) is 0. The van der Waals surface area contributed by atoms with Gasteiger partial charge in [0.15, 0.2) is 0 Å². The van der Waals surface area contributed by atoms with Gasteiger partial charge in [-0.1, -0.05) is 13.8 Å². The second-order valence-corrected chi connectivity index (χ2v) is 4.96. The van der Waals surface area contributed by atoms with Crippen LogP contribution < -0.4 is 0 Å². The first kappa shape index (κ1) is 11.9. The van der Waals surface area contributed by atoms with Crippen LogP contribution in [0.1, 0.15) is 50.9 Å². The quantitative estimate of drug-likeness (QED) is 0.820. The highest BCUT2D eigenvalue weighted by Gasteiger charge is 2.32. The fourth-order valence-corrected chi connectivity index (χ4v) is 2.71. The Balaban J connectivity index is 2.34. The summed E-state index contributed by atoms with van der Waals surface area (Å²) in [7, 11) is 1.76. The molecule has 16 heavy (non-hydrogen) atoms. The minimum absolute atomic E-state index is 0.242. The van der Waals surface area contributed by atoms with Gasteiger partial charge in [-0.2, -0.15) is 0 Å². The third kappa shape index (κ3) is 1.96. The standard InChI is InChI=1S/C11H18ClN3O/c1-7(2)10-13-14-11(12)15(10)8-5-4-6-9(8)16-3/h7-9H,4-6H2,1-3H3. The second kappa shape index (κ2) is 4.72. The van der Waals surface area contributed by atoms with Crippen molar-refractivity contribution in [2.45, 2.75) is 51.2 Å². The maximum atomic E-state index is 6.13. The molecular formula is C11H18ClN3O. The molecule has 0 amide bonds. The second-order valence-electron chi connectivity index (χ2n) is 4.62. The van der Waals surface area contributed by atoms with Crippen LogP contribution in [0.4, 0.5) is 0 Å². The molecule has 0 spiro atoms. The van der Waals surface area contributed by atoms with Gasteiger partial charge in [0.1, 0.15) is 5.82 Å². The van der Waals surface area contributed by atoms with E-state index in [0.29, 0.717) is 17.2 Å². The Morgan fingerprint density at radius 1 is 1.38 bits per heavy atom. The average molecular weight is 244 g/mol. The predicted molar refractivity (Wildman–Crippen MR) is 62.8 cm³/mol. The third-order valence-electron chi connectivity index (χ3n) is 3.25. The molecule has 0 aliphatic heterocycles. The molecule has 0 radical (unpaired) electrons. The lowest BCUT2D eigenvalue weighted by molar-refractivity contribution is 0.0737. The lowest BCUT2D eigenvalue weighted by atomic mass is 10.1. The summed E-state index contributed by atoms with van der Waals surface area (Å²) in [5, 5.41) is 8.61. The first-order valence-electron chi connectivity index (χ1n) is 5.78.